The van der Waals surface area contributed by atoms with Crippen LogP contribution in [0.2, 0.25) is 0 Å². The Morgan fingerprint density at radius 2 is 1.96 bits per heavy atom. The first kappa shape index (κ1) is 16.2. The van der Waals surface area contributed by atoms with Crippen LogP contribution in [0.15, 0.2) is 42.6 Å². The average Bonchev–Trinajstić information content (AvgIpc) is 2.87. The van der Waals surface area contributed by atoms with E-state index < -0.39 is 0 Å². The number of Topliss-reactive ketones (excluding diaryl/α,β-unsaturated/α-hetero) is 1. The zero-order valence-corrected chi connectivity index (χ0v) is 14.5. The van der Waals surface area contributed by atoms with Crippen LogP contribution in [0.1, 0.15) is 41.6 Å². The number of nitrogens with zero attached hydrogens (tertiary/aromatic N) is 2. The van der Waals surface area contributed by atoms with E-state index in [1.165, 1.54) is 0 Å². The van der Waals surface area contributed by atoms with E-state index >= 15 is 0 Å². The molecule has 0 saturated heterocycles. The molecule has 0 atom stereocenters. The number of aromatic nitrogens is 2. The number of para-hydroxylation sites is 1. The van der Waals surface area contributed by atoms with Crippen molar-refractivity contribution in [3.8, 4) is 5.75 Å². The Hall–Kier alpha value is -2.62. The number of fused-ring (bicyclic) bond motifs is 1. The lowest BCUT2D eigenvalue weighted by Crippen LogP contribution is -2.13. The van der Waals surface area contributed by atoms with Crippen molar-refractivity contribution in [3.63, 3.8) is 0 Å². The van der Waals surface area contributed by atoms with Gasteiger partial charge in [-0.1, -0.05) is 18.2 Å². The van der Waals surface area contributed by atoms with Crippen LogP contribution in [0.4, 0.5) is 0 Å². The monoisotopic (exact) mass is 322 g/mol. The van der Waals surface area contributed by atoms with Gasteiger partial charge in [0.15, 0.2) is 6.61 Å². The highest BCUT2D eigenvalue weighted by Gasteiger charge is 2.18. The average molecular weight is 322 g/mol. The second-order valence-corrected chi connectivity index (χ2v) is 6.29. The normalized spacial score (nSPS) is 11.2. The van der Waals surface area contributed by atoms with Crippen LogP contribution >= 0.6 is 0 Å². The summed E-state index contributed by atoms with van der Waals surface area (Å²) in [5, 5.41) is 1.00. The molecule has 0 radical (unpaired) electrons. The van der Waals surface area contributed by atoms with Gasteiger partial charge < -0.3 is 9.30 Å². The van der Waals surface area contributed by atoms with Crippen LogP contribution in [0.25, 0.3) is 10.9 Å². The van der Waals surface area contributed by atoms with Crippen molar-refractivity contribution < 1.29 is 9.53 Å². The molecule has 0 amide bonds. The number of hydrogen-bond donors (Lipinski definition) is 0. The predicted octanol–water partition coefficient (Wildman–Crippen LogP) is 4.50. The third-order valence-corrected chi connectivity index (χ3v) is 4.26. The lowest BCUT2D eigenvalue weighted by Gasteiger charge is -2.13. The van der Waals surface area contributed by atoms with Crippen molar-refractivity contribution in [1.82, 2.24) is 9.55 Å². The minimum atomic E-state index is -0.0112. The van der Waals surface area contributed by atoms with Crippen molar-refractivity contribution in [2.45, 2.75) is 33.7 Å². The molecule has 1 aromatic carbocycles. The van der Waals surface area contributed by atoms with Gasteiger partial charge in [0, 0.05) is 34.6 Å². The quantitative estimate of drug-likeness (QED) is 0.650. The van der Waals surface area contributed by atoms with E-state index in [9.17, 15) is 4.79 Å². The standard InChI is InChI=1S/C20H22N2O2/c1-13(2)22-14(3)11-17(15(22)4)18(23)12-24-19-9-5-7-16-8-6-10-21-20(16)19/h5-11,13H,12H2,1-4H3. The maximum Gasteiger partial charge on any atom is 0.202 e. The molecule has 0 N–H and O–H groups in total. The van der Waals surface area contributed by atoms with Crippen molar-refractivity contribution in [2.24, 2.45) is 0 Å². The van der Waals surface area contributed by atoms with E-state index in [1.807, 2.05) is 50.2 Å². The van der Waals surface area contributed by atoms with Crippen molar-refractivity contribution in [3.05, 3.63) is 59.5 Å². The van der Waals surface area contributed by atoms with E-state index in [1.54, 1.807) is 6.20 Å². The molecule has 24 heavy (non-hydrogen) atoms. The highest BCUT2D eigenvalue weighted by molar-refractivity contribution is 5.99. The molecular weight excluding hydrogens is 300 g/mol. The molecule has 0 bridgehead atoms. The number of pyridine rings is 1. The minimum Gasteiger partial charge on any atom is -0.483 e. The van der Waals surface area contributed by atoms with Gasteiger partial charge in [0.1, 0.15) is 11.3 Å². The highest BCUT2D eigenvalue weighted by atomic mass is 16.5. The summed E-state index contributed by atoms with van der Waals surface area (Å²) in [4.78, 5) is 17.0. The molecule has 0 aliphatic rings. The van der Waals surface area contributed by atoms with Gasteiger partial charge in [0.25, 0.3) is 0 Å². The number of ketones is 1. The van der Waals surface area contributed by atoms with E-state index in [4.69, 9.17) is 4.74 Å². The summed E-state index contributed by atoms with van der Waals surface area (Å²) in [5.74, 6) is 0.627. The molecule has 3 aromatic rings. The summed E-state index contributed by atoms with van der Waals surface area (Å²) >= 11 is 0. The lowest BCUT2D eigenvalue weighted by atomic mass is 10.1. The van der Waals surface area contributed by atoms with E-state index in [-0.39, 0.29) is 12.4 Å². The molecule has 124 valence electrons. The number of ether oxygens (including phenoxy) is 1. The molecular formula is C20H22N2O2. The Bertz CT molecular complexity index is 889. The molecule has 0 fully saturated rings. The maximum absolute atomic E-state index is 12.6. The van der Waals surface area contributed by atoms with Crippen molar-refractivity contribution in [1.29, 1.82) is 0 Å². The Morgan fingerprint density at radius 3 is 2.67 bits per heavy atom. The smallest absolute Gasteiger partial charge is 0.202 e. The van der Waals surface area contributed by atoms with Gasteiger partial charge >= 0.3 is 0 Å². The molecule has 4 heteroatoms. The van der Waals surface area contributed by atoms with Gasteiger partial charge in [-0.05, 0) is 45.9 Å². The zero-order valence-electron chi connectivity index (χ0n) is 14.5. The Morgan fingerprint density at radius 1 is 1.21 bits per heavy atom. The van der Waals surface area contributed by atoms with E-state index in [0.717, 1.165) is 27.9 Å². The Labute approximate surface area is 142 Å². The summed E-state index contributed by atoms with van der Waals surface area (Å²) < 4.78 is 7.95. The van der Waals surface area contributed by atoms with Crippen LogP contribution in [0.5, 0.6) is 5.75 Å². The fraction of sp³-hybridized carbons (Fsp3) is 0.300. The fourth-order valence-electron chi connectivity index (χ4n) is 3.27. The van der Waals surface area contributed by atoms with Gasteiger partial charge in [-0.25, -0.2) is 0 Å². The number of hydrogen-bond acceptors (Lipinski definition) is 3. The van der Waals surface area contributed by atoms with Crippen LogP contribution < -0.4 is 4.74 Å². The first-order valence-electron chi connectivity index (χ1n) is 8.17. The summed E-state index contributed by atoms with van der Waals surface area (Å²) in [6.45, 7) is 8.26. The minimum absolute atomic E-state index is 0.0112. The number of rotatable bonds is 5. The van der Waals surface area contributed by atoms with Gasteiger partial charge in [-0.2, -0.15) is 0 Å². The number of aryl methyl sites for hydroxylation is 1. The van der Waals surface area contributed by atoms with Crippen LogP contribution in [-0.2, 0) is 0 Å². The second kappa shape index (κ2) is 6.48. The zero-order chi connectivity index (χ0) is 17.3. The molecule has 0 unspecified atom stereocenters. The SMILES string of the molecule is Cc1cc(C(=O)COc2cccc3cccnc23)c(C)n1C(C)C. The summed E-state index contributed by atoms with van der Waals surface area (Å²) in [5.41, 5.74) is 3.60. The van der Waals surface area contributed by atoms with Gasteiger partial charge in [-0.3, -0.25) is 9.78 Å². The third-order valence-electron chi connectivity index (χ3n) is 4.26. The number of carbonyl (C=O) groups excluding carboxylic acids is 1. The maximum atomic E-state index is 12.6. The van der Waals surface area contributed by atoms with Gasteiger partial charge in [-0.15, -0.1) is 0 Å². The molecule has 2 aromatic heterocycles. The first-order valence-corrected chi connectivity index (χ1v) is 8.17. The molecule has 0 aliphatic heterocycles. The van der Waals surface area contributed by atoms with Crippen LogP contribution in [0.3, 0.4) is 0 Å². The molecule has 0 saturated carbocycles. The van der Waals surface area contributed by atoms with Gasteiger partial charge in [0.2, 0.25) is 5.78 Å². The van der Waals surface area contributed by atoms with Crippen molar-refractivity contribution >= 4 is 16.7 Å². The molecule has 2 heterocycles. The van der Waals surface area contributed by atoms with Gasteiger partial charge in [0.05, 0.1) is 0 Å². The highest BCUT2D eigenvalue weighted by Crippen LogP contribution is 2.24. The molecule has 4 nitrogen and oxygen atoms in total. The van der Waals surface area contributed by atoms with E-state index in [0.29, 0.717) is 11.8 Å². The molecule has 3 rings (SSSR count). The van der Waals surface area contributed by atoms with Crippen LogP contribution in [-0.4, -0.2) is 21.9 Å². The fourth-order valence-corrected chi connectivity index (χ4v) is 3.27. The van der Waals surface area contributed by atoms with Crippen LogP contribution in [0, 0.1) is 13.8 Å². The lowest BCUT2D eigenvalue weighted by molar-refractivity contribution is 0.0921. The van der Waals surface area contributed by atoms with Crippen molar-refractivity contribution in [2.75, 3.05) is 6.61 Å². The first-order chi connectivity index (χ1) is 11.5. The Kier molecular flexibility index (Phi) is 4.38. The number of benzene rings is 1. The summed E-state index contributed by atoms with van der Waals surface area (Å²) in [6.07, 6.45) is 1.73. The predicted molar refractivity (Wildman–Crippen MR) is 95.9 cm³/mol. The number of carbonyl (C=O) groups is 1. The molecule has 0 aliphatic carbocycles. The topological polar surface area (TPSA) is 44.1 Å². The van der Waals surface area contributed by atoms with E-state index in [2.05, 4.69) is 23.4 Å². The Balaban J connectivity index is 1.82. The summed E-state index contributed by atoms with van der Waals surface area (Å²) in [6, 6.07) is 11.9. The molecule has 0 spiro atoms. The summed E-state index contributed by atoms with van der Waals surface area (Å²) in [7, 11) is 0. The third kappa shape index (κ3) is 2.92. The largest absolute Gasteiger partial charge is 0.483 e. The second-order valence-electron chi connectivity index (χ2n) is 6.29.